The quantitative estimate of drug-likeness (QED) is 0.504. The Hall–Kier alpha value is -2.72. The standard InChI is InChI=1S/C6H5ClN2O4S.C6H5FN2O4S/c7-6-4(9(10)11)2-1-3-5(6)14(8,12)13;7-5-2-1-4(14(8,12)13)3-6(5)9(10)11/h2*1-3H,(H2,8,12,13). The lowest BCUT2D eigenvalue weighted by Gasteiger charge is -2.00. The lowest BCUT2D eigenvalue weighted by molar-refractivity contribution is -0.387. The van der Waals surface area contributed by atoms with Gasteiger partial charge in [-0.1, -0.05) is 17.7 Å². The molecule has 0 aromatic heterocycles. The second-order valence-corrected chi connectivity index (χ2v) is 8.28. The molecule has 0 fully saturated rings. The number of sulfonamides is 2. The molecule has 28 heavy (non-hydrogen) atoms. The number of nitro benzene ring substituents is 2. The Balaban J connectivity index is 0.000000280. The summed E-state index contributed by atoms with van der Waals surface area (Å²) >= 11 is 5.49. The first-order valence-electron chi connectivity index (χ1n) is 6.58. The summed E-state index contributed by atoms with van der Waals surface area (Å²) in [5, 5.41) is 29.6. The Kier molecular flexibility index (Phi) is 7.10. The summed E-state index contributed by atoms with van der Waals surface area (Å²) in [4.78, 5) is 17.9. The molecule has 0 heterocycles. The molecule has 152 valence electrons. The van der Waals surface area contributed by atoms with Gasteiger partial charge in [0.2, 0.25) is 25.9 Å². The fraction of sp³-hybridized carbons (Fsp3) is 0. The van der Waals surface area contributed by atoms with Gasteiger partial charge in [-0.15, -0.1) is 0 Å². The number of halogens is 2. The average molecular weight is 457 g/mol. The van der Waals surface area contributed by atoms with Gasteiger partial charge >= 0.3 is 5.69 Å². The zero-order chi connectivity index (χ0) is 21.9. The highest BCUT2D eigenvalue weighted by molar-refractivity contribution is 7.89. The van der Waals surface area contributed by atoms with Crippen LogP contribution in [0.15, 0.2) is 46.2 Å². The van der Waals surface area contributed by atoms with Crippen molar-refractivity contribution in [3.8, 4) is 0 Å². The van der Waals surface area contributed by atoms with E-state index >= 15 is 0 Å². The molecule has 2 rings (SSSR count). The highest BCUT2D eigenvalue weighted by atomic mass is 35.5. The molecule has 16 heteroatoms. The van der Waals surface area contributed by atoms with E-state index < -0.39 is 61.9 Å². The Bertz CT molecular complexity index is 1140. The van der Waals surface area contributed by atoms with Gasteiger partial charge in [-0.05, 0) is 18.2 Å². The van der Waals surface area contributed by atoms with Crippen LogP contribution in [0.3, 0.4) is 0 Å². The number of hydrogen-bond acceptors (Lipinski definition) is 8. The van der Waals surface area contributed by atoms with Gasteiger partial charge in [0.05, 0.1) is 14.7 Å². The number of hydrogen-bond donors (Lipinski definition) is 2. The number of benzene rings is 2. The average Bonchev–Trinajstić information content (AvgIpc) is 2.53. The molecule has 0 saturated carbocycles. The van der Waals surface area contributed by atoms with E-state index in [0.717, 1.165) is 18.2 Å². The Labute approximate surface area is 161 Å². The van der Waals surface area contributed by atoms with Crippen molar-refractivity contribution >= 4 is 43.0 Å². The summed E-state index contributed by atoms with van der Waals surface area (Å²) in [5.41, 5.74) is -1.41. The van der Waals surface area contributed by atoms with Crippen molar-refractivity contribution in [3.63, 3.8) is 0 Å². The van der Waals surface area contributed by atoms with E-state index in [4.69, 9.17) is 21.9 Å². The summed E-state index contributed by atoms with van der Waals surface area (Å²) < 4.78 is 56.0. The Morgan fingerprint density at radius 3 is 1.86 bits per heavy atom. The summed E-state index contributed by atoms with van der Waals surface area (Å²) in [6, 6.07) is 5.51. The highest BCUT2D eigenvalue weighted by Gasteiger charge is 2.21. The predicted octanol–water partition coefficient (Wildman–Crippen LogP) is 1.28. The lowest BCUT2D eigenvalue weighted by Crippen LogP contribution is -2.13. The second kappa shape index (κ2) is 8.53. The van der Waals surface area contributed by atoms with E-state index in [1.165, 1.54) is 6.07 Å². The molecule has 0 aliphatic rings. The van der Waals surface area contributed by atoms with Crippen molar-refractivity contribution in [2.75, 3.05) is 0 Å². The minimum atomic E-state index is -4.05. The molecule has 0 spiro atoms. The molecular formula is C12H10ClFN4O8S2. The van der Waals surface area contributed by atoms with Crippen molar-refractivity contribution in [3.05, 3.63) is 67.5 Å². The highest BCUT2D eigenvalue weighted by Crippen LogP contribution is 2.29. The summed E-state index contributed by atoms with van der Waals surface area (Å²) in [5.74, 6) is -1.11. The van der Waals surface area contributed by atoms with Crippen LogP contribution in [-0.2, 0) is 20.0 Å². The third-order valence-corrected chi connectivity index (χ3v) is 5.26. The van der Waals surface area contributed by atoms with Gasteiger partial charge < -0.3 is 0 Å². The van der Waals surface area contributed by atoms with E-state index in [1.807, 2.05) is 0 Å². The molecule has 0 aliphatic heterocycles. The van der Waals surface area contributed by atoms with E-state index in [0.29, 0.717) is 12.1 Å². The number of nitrogens with two attached hydrogens (primary N) is 2. The number of nitrogens with zero attached hydrogens (tertiary/aromatic N) is 2. The van der Waals surface area contributed by atoms with Crippen LogP contribution in [0.1, 0.15) is 0 Å². The van der Waals surface area contributed by atoms with E-state index in [9.17, 15) is 41.5 Å². The molecule has 0 saturated heterocycles. The molecule has 0 atom stereocenters. The van der Waals surface area contributed by atoms with Gasteiger partial charge in [-0.25, -0.2) is 27.1 Å². The molecule has 0 amide bonds. The SMILES string of the molecule is NS(=O)(=O)c1ccc(F)c([N+](=O)[O-])c1.NS(=O)(=O)c1cccc([N+](=O)[O-])c1Cl. The first-order chi connectivity index (χ1) is 12.7. The molecule has 2 aromatic carbocycles. The van der Waals surface area contributed by atoms with Gasteiger partial charge in [-0.2, -0.15) is 4.39 Å². The van der Waals surface area contributed by atoms with Gasteiger partial charge in [-0.3, -0.25) is 20.2 Å². The van der Waals surface area contributed by atoms with Crippen LogP contribution in [0.25, 0.3) is 0 Å². The van der Waals surface area contributed by atoms with Crippen LogP contribution in [-0.4, -0.2) is 26.7 Å². The fourth-order valence-electron chi connectivity index (χ4n) is 1.67. The Morgan fingerprint density at radius 2 is 1.43 bits per heavy atom. The Morgan fingerprint density at radius 1 is 0.893 bits per heavy atom. The summed E-state index contributed by atoms with van der Waals surface area (Å²) in [6.07, 6.45) is 0. The first kappa shape index (κ1) is 23.3. The predicted molar refractivity (Wildman–Crippen MR) is 93.9 cm³/mol. The summed E-state index contributed by atoms with van der Waals surface area (Å²) in [7, 11) is -8.07. The maximum absolute atomic E-state index is 12.7. The summed E-state index contributed by atoms with van der Waals surface area (Å²) in [6.45, 7) is 0. The molecule has 4 N–H and O–H groups in total. The zero-order valence-corrected chi connectivity index (χ0v) is 15.7. The largest absolute Gasteiger partial charge is 0.306 e. The van der Waals surface area contributed by atoms with Gasteiger partial charge in [0.25, 0.3) is 5.69 Å². The molecular weight excluding hydrogens is 447 g/mol. The smallest absolute Gasteiger partial charge is 0.258 e. The van der Waals surface area contributed by atoms with Crippen molar-refractivity contribution in [2.45, 2.75) is 9.79 Å². The molecule has 0 aliphatic carbocycles. The van der Waals surface area contributed by atoms with Crippen LogP contribution >= 0.6 is 11.6 Å². The van der Waals surface area contributed by atoms with Crippen LogP contribution in [0.5, 0.6) is 0 Å². The molecule has 12 nitrogen and oxygen atoms in total. The van der Waals surface area contributed by atoms with Crippen LogP contribution in [0, 0.1) is 26.0 Å². The van der Waals surface area contributed by atoms with E-state index in [1.54, 1.807) is 0 Å². The van der Waals surface area contributed by atoms with Crippen molar-refractivity contribution in [1.29, 1.82) is 0 Å². The topological polar surface area (TPSA) is 207 Å². The van der Waals surface area contributed by atoms with Crippen LogP contribution in [0.2, 0.25) is 5.02 Å². The van der Waals surface area contributed by atoms with Crippen molar-refractivity contribution in [2.24, 2.45) is 10.3 Å². The normalized spacial score (nSPS) is 11.3. The number of nitro groups is 2. The van der Waals surface area contributed by atoms with Crippen molar-refractivity contribution < 1.29 is 31.1 Å². The third kappa shape index (κ3) is 5.89. The van der Waals surface area contributed by atoms with E-state index in [-0.39, 0.29) is 0 Å². The van der Waals surface area contributed by atoms with Gasteiger partial charge in [0.15, 0.2) is 0 Å². The lowest BCUT2D eigenvalue weighted by atomic mass is 10.3. The van der Waals surface area contributed by atoms with Crippen LogP contribution in [0.4, 0.5) is 15.8 Å². The first-order valence-corrected chi connectivity index (χ1v) is 10.1. The maximum atomic E-state index is 12.7. The molecule has 0 radical (unpaired) electrons. The second-order valence-electron chi connectivity index (χ2n) is 4.81. The van der Waals surface area contributed by atoms with E-state index in [2.05, 4.69) is 0 Å². The third-order valence-electron chi connectivity index (χ3n) is 2.89. The zero-order valence-electron chi connectivity index (χ0n) is 13.4. The molecule has 0 bridgehead atoms. The number of primary sulfonamides is 2. The molecule has 2 aromatic rings. The fourth-order valence-corrected chi connectivity index (χ4v) is 3.34. The van der Waals surface area contributed by atoms with Crippen LogP contribution < -0.4 is 10.3 Å². The molecule has 0 unspecified atom stereocenters. The minimum Gasteiger partial charge on any atom is -0.258 e. The monoisotopic (exact) mass is 456 g/mol. The van der Waals surface area contributed by atoms with Gasteiger partial charge in [0, 0.05) is 12.1 Å². The maximum Gasteiger partial charge on any atom is 0.306 e. The van der Waals surface area contributed by atoms with Crippen molar-refractivity contribution in [1.82, 2.24) is 0 Å². The number of rotatable bonds is 4. The van der Waals surface area contributed by atoms with Gasteiger partial charge in [0.1, 0.15) is 9.92 Å². The minimum absolute atomic E-state index is 0.451.